The number of rotatable bonds is 4. The van der Waals surface area contributed by atoms with Crippen LogP contribution in [-0.2, 0) is 15.1 Å². The molecule has 5 rings (SSSR count). The van der Waals surface area contributed by atoms with Crippen molar-refractivity contribution in [3.8, 4) is 11.5 Å². The van der Waals surface area contributed by atoms with Gasteiger partial charge in [0.15, 0.2) is 11.5 Å². The number of amides is 4. The summed E-state index contributed by atoms with van der Waals surface area (Å²) in [4.78, 5) is 39.7. The normalized spacial score (nSPS) is 19.8. The van der Waals surface area contributed by atoms with Gasteiger partial charge in [0.05, 0.1) is 13.2 Å². The third-order valence-corrected chi connectivity index (χ3v) is 5.94. The molecule has 2 aliphatic rings. The highest BCUT2D eigenvalue weighted by molar-refractivity contribution is 6.11. The first-order valence-corrected chi connectivity index (χ1v) is 10.8. The summed E-state index contributed by atoms with van der Waals surface area (Å²) in [6, 6.07) is 17.8. The average molecular weight is 445 g/mol. The largest absolute Gasteiger partial charge is 0.490 e. The molecule has 0 radical (unpaired) electrons. The van der Waals surface area contributed by atoms with Gasteiger partial charge in [0.2, 0.25) is 5.91 Å². The van der Waals surface area contributed by atoms with E-state index in [9.17, 15) is 14.4 Å². The minimum atomic E-state index is -1.27. The summed E-state index contributed by atoms with van der Waals surface area (Å²) in [5.41, 5.74) is -0.0918. The molecule has 2 aliphatic heterocycles. The predicted octanol–water partition coefficient (Wildman–Crippen LogP) is 3.41. The van der Waals surface area contributed by atoms with Gasteiger partial charge in [-0.15, -0.1) is 0 Å². The maximum absolute atomic E-state index is 13.3. The quantitative estimate of drug-likeness (QED) is 0.600. The van der Waals surface area contributed by atoms with Crippen molar-refractivity contribution in [1.29, 1.82) is 0 Å². The van der Waals surface area contributed by atoms with Gasteiger partial charge in [0, 0.05) is 18.2 Å². The zero-order chi connectivity index (χ0) is 23.0. The molecule has 0 saturated carbocycles. The molecule has 2 N–H and O–H groups in total. The Hall–Kier alpha value is -4.07. The van der Waals surface area contributed by atoms with Gasteiger partial charge < -0.3 is 20.1 Å². The fourth-order valence-electron chi connectivity index (χ4n) is 4.27. The lowest BCUT2D eigenvalue weighted by molar-refractivity contribution is -0.133. The molecule has 0 aliphatic carbocycles. The van der Waals surface area contributed by atoms with Gasteiger partial charge in [-0.25, -0.2) is 4.79 Å². The Morgan fingerprint density at radius 1 is 1.03 bits per heavy atom. The van der Waals surface area contributed by atoms with Crippen LogP contribution in [0.3, 0.4) is 0 Å². The van der Waals surface area contributed by atoms with Crippen LogP contribution in [0.1, 0.15) is 18.9 Å². The zero-order valence-corrected chi connectivity index (χ0v) is 18.1. The van der Waals surface area contributed by atoms with Gasteiger partial charge in [-0.3, -0.25) is 14.5 Å². The van der Waals surface area contributed by atoms with Crippen LogP contribution < -0.4 is 20.1 Å². The standard InChI is InChI=1S/C25H23N3O5/c1-25(19-9-4-7-16-6-2-3-8-18(16)19)23(30)28(24(31)27-25)15-22(29)26-17-10-11-20-21(14-17)33-13-5-12-32-20/h2-4,6-11,14H,5,12-13,15H2,1H3,(H,26,29)(H,27,31). The molecule has 0 spiro atoms. The topological polar surface area (TPSA) is 97.0 Å². The SMILES string of the molecule is CC1(c2cccc3ccccc23)NC(=O)N(CC(=O)Nc2ccc3c(c2)OCCCO3)C1=O. The van der Waals surface area contributed by atoms with Gasteiger partial charge >= 0.3 is 6.03 Å². The van der Waals surface area contributed by atoms with Crippen molar-refractivity contribution in [2.45, 2.75) is 18.9 Å². The summed E-state index contributed by atoms with van der Waals surface area (Å²) in [5, 5.41) is 7.34. The van der Waals surface area contributed by atoms with Gasteiger partial charge in [0.1, 0.15) is 12.1 Å². The monoisotopic (exact) mass is 445 g/mol. The van der Waals surface area contributed by atoms with Gasteiger partial charge in [0.25, 0.3) is 5.91 Å². The van der Waals surface area contributed by atoms with Crippen molar-refractivity contribution in [1.82, 2.24) is 10.2 Å². The molecule has 1 atom stereocenters. The highest BCUT2D eigenvalue weighted by Gasteiger charge is 2.50. The maximum atomic E-state index is 13.3. The second-order valence-electron chi connectivity index (χ2n) is 8.23. The first kappa shape index (κ1) is 20.8. The number of fused-ring (bicyclic) bond motifs is 2. The van der Waals surface area contributed by atoms with Crippen molar-refractivity contribution in [2.75, 3.05) is 25.1 Å². The van der Waals surface area contributed by atoms with Crippen molar-refractivity contribution in [2.24, 2.45) is 0 Å². The summed E-state index contributed by atoms with van der Waals surface area (Å²) in [7, 11) is 0. The minimum Gasteiger partial charge on any atom is -0.490 e. The van der Waals surface area contributed by atoms with E-state index in [-0.39, 0.29) is 0 Å². The second-order valence-corrected chi connectivity index (χ2v) is 8.23. The smallest absolute Gasteiger partial charge is 0.325 e. The zero-order valence-electron chi connectivity index (χ0n) is 18.1. The Kier molecular flexibility index (Phi) is 5.12. The minimum absolute atomic E-state index is 0.403. The van der Waals surface area contributed by atoms with E-state index in [0.29, 0.717) is 36.0 Å². The Labute approximate surface area is 190 Å². The fraction of sp³-hybridized carbons (Fsp3) is 0.240. The number of benzene rings is 3. The van der Waals surface area contributed by atoms with Crippen LogP contribution in [0.4, 0.5) is 10.5 Å². The Morgan fingerprint density at radius 2 is 1.79 bits per heavy atom. The number of hydrogen-bond acceptors (Lipinski definition) is 5. The molecule has 0 aromatic heterocycles. The van der Waals surface area contributed by atoms with Crippen molar-refractivity contribution in [3.63, 3.8) is 0 Å². The molecule has 8 heteroatoms. The van der Waals surface area contributed by atoms with Crippen molar-refractivity contribution < 1.29 is 23.9 Å². The molecule has 8 nitrogen and oxygen atoms in total. The number of urea groups is 1. The highest BCUT2D eigenvalue weighted by atomic mass is 16.5. The first-order valence-electron chi connectivity index (χ1n) is 10.8. The van der Waals surface area contributed by atoms with E-state index in [2.05, 4.69) is 10.6 Å². The number of carbonyl (C=O) groups excluding carboxylic acids is 3. The molecule has 1 saturated heterocycles. The van der Waals surface area contributed by atoms with Crippen LogP contribution in [0.5, 0.6) is 11.5 Å². The number of anilines is 1. The molecule has 33 heavy (non-hydrogen) atoms. The molecule has 0 bridgehead atoms. The number of nitrogens with one attached hydrogen (secondary N) is 2. The molecule has 168 valence electrons. The highest BCUT2D eigenvalue weighted by Crippen LogP contribution is 2.34. The summed E-state index contributed by atoms with van der Waals surface area (Å²) in [6.45, 7) is 2.36. The van der Waals surface area contributed by atoms with Crippen LogP contribution in [0, 0.1) is 0 Å². The van der Waals surface area contributed by atoms with Crippen LogP contribution in [-0.4, -0.2) is 42.5 Å². The number of nitrogens with zero attached hydrogens (tertiary/aromatic N) is 1. The fourth-order valence-corrected chi connectivity index (χ4v) is 4.27. The summed E-state index contributed by atoms with van der Waals surface area (Å²) in [5.74, 6) is 0.196. The lowest BCUT2D eigenvalue weighted by Crippen LogP contribution is -2.42. The lowest BCUT2D eigenvalue weighted by Gasteiger charge is -2.24. The van der Waals surface area contributed by atoms with Gasteiger partial charge in [-0.1, -0.05) is 42.5 Å². The summed E-state index contributed by atoms with van der Waals surface area (Å²) in [6.07, 6.45) is 0.776. The number of ether oxygens (including phenoxy) is 2. The molecule has 3 aromatic rings. The first-order chi connectivity index (χ1) is 16.0. The third-order valence-electron chi connectivity index (χ3n) is 5.94. The molecule has 1 fully saturated rings. The average Bonchev–Trinajstić information content (AvgIpc) is 2.97. The molecule has 3 aromatic carbocycles. The van der Waals surface area contributed by atoms with E-state index in [4.69, 9.17) is 9.47 Å². The van der Waals surface area contributed by atoms with Gasteiger partial charge in [-0.2, -0.15) is 0 Å². The summed E-state index contributed by atoms with van der Waals surface area (Å²) >= 11 is 0. The van der Waals surface area contributed by atoms with Crippen molar-refractivity contribution >= 4 is 34.3 Å². The molecule has 2 heterocycles. The van der Waals surface area contributed by atoms with Crippen LogP contribution in [0.25, 0.3) is 10.8 Å². The number of imide groups is 1. The molecular formula is C25H23N3O5. The number of carbonyl (C=O) groups is 3. The molecular weight excluding hydrogens is 422 g/mol. The molecule has 1 unspecified atom stereocenters. The van der Waals surface area contributed by atoms with E-state index < -0.39 is 29.9 Å². The van der Waals surface area contributed by atoms with Crippen LogP contribution >= 0.6 is 0 Å². The van der Waals surface area contributed by atoms with E-state index in [1.54, 1.807) is 25.1 Å². The second kappa shape index (κ2) is 8.12. The molecule has 4 amide bonds. The van der Waals surface area contributed by atoms with Gasteiger partial charge in [-0.05, 0) is 35.4 Å². The van der Waals surface area contributed by atoms with E-state index in [1.807, 2.05) is 42.5 Å². The van der Waals surface area contributed by atoms with E-state index >= 15 is 0 Å². The number of hydrogen-bond donors (Lipinski definition) is 2. The van der Waals surface area contributed by atoms with Crippen molar-refractivity contribution in [3.05, 3.63) is 66.2 Å². The van der Waals surface area contributed by atoms with Crippen LogP contribution in [0.15, 0.2) is 60.7 Å². The van der Waals surface area contributed by atoms with E-state index in [1.165, 1.54) is 0 Å². The Bertz CT molecular complexity index is 1270. The lowest BCUT2D eigenvalue weighted by atomic mass is 9.88. The third kappa shape index (κ3) is 3.73. The summed E-state index contributed by atoms with van der Waals surface area (Å²) < 4.78 is 11.2. The Morgan fingerprint density at radius 3 is 2.64 bits per heavy atom. The maximum Gasteiger partial charge on any atom is 0.325 e. The van der Waals surface area contributed by atoms with Crippen LogP contribution in [0.2, 0.25) is 0 Å². The van der Waals surface area contributed by atoms with E-state index in [0.717, 1.165) is 22.1 Å². The predicted molar refractivity (Wildman–Crippen MR) is 122 cm³/mol. The Balaban J connectivity index is 1.34.